The van der Waals surface area contributed by atoms with E-state index in [1.165, 1.54) is 44.6 Å². The second-order valence-corrected chi connectivity index (χ2v) is 8.08. The van der Waals surface area contributed by atoms with E-state index in [0.29, 0.717) is 0 Å². The Kier molecular flexibility index (Phi) is 8.69. The van der Waals surface area contributed by atoms with Crippen LogP contribution in [0.15, 0.2) is 29.2 Å². The van der Waals surface area contributed by atoms with E-state index < -0.39 is 16.1 Å². The summed E-state index contributed by atoms with van der Waals surface area (Å²) in [6, 6.07) is 4.05. The van der Waals surface area contributed by atoms with Gasteiger partial charge in [0.2, 0.25) is 0 Å². The summed E-state index contributed by atoms with van der Waals surface area (Å²) in [7, 11) is 2.48. The fourth-order valence-corrected chi connectivity index (χ4v) is 2.19. The molecule has 0 aliphatic carbocycles. The van der Waals surface area contributed by atoms with Gasteiger partial charge in [-0.05, 0) is 17.7 Å². The van der Waals surface area contributed by atoms with E-state index in [-0.39, 0.29) is 10.5 Å². The normalized spacial score (nSPS) is 11.5. The minimum Gasteiger partial charge on any atom is -0.545 e. The molecule has 1 aromatic carbocycles. The minimum absolute atomic E-state index is 0.146. The molecule has 0 fully saturated rings. The van der Waals surface area contributed by atoms with Gasteiger partial charge in [0.05, 0.1) is 10.9 Å². The van der Waals surface area contributed by atoms with Crippen molar-refractivity contribution in [3.63, 3.8) is 0 Å². The molecule has 0 aromatic heterocycles. The van der Waals surface area contributed by atoms with Crippen molar-refractivity contribution in [1.29, 1.82) is 0 Å². The number of benzene rings is 1. The smallest absolute Gasteiger partial charge is 0.294 e. The summed E-state index contributed by atoms with van der Waals surface area (Å²) in [4.78, 5) is 9.89. The number of carbonyl (C=O) groups excluding carboxylic acids is 1. The molecule has 0 aliphatic heterocycles. The van der Waals surface area contributed by atoms with Gasteiger partial charge >= 0.3 is 70.2 Å². The van der Waals surface area contributed by atoms with Gasteiger partial charge in [0, 0.05) is 0 Å². The first-order valence-electron chi connectivity index (χ1n) is 6.56. The first-order valence-corrected chi connectivity index (χ1v) is 9.42. The molecule has 1 aromatic rings. The Morgan fingerprint density at radius 2 is 1.71 bits per heavy atom. The van der Waals surface area contributed by atoms with Gasteiger partial charge in [-0.3, -0.25) is 4.55 Å². The number of carboxylic acids is 1. The van der Waals surface area contributed by atoms with Crippen molar-refractivity contribution >= 4 is 44.0 Å². The van der Waals surface area contributed by atoms with Crippen molar-refractivity contribution in [2.24, 2.45) is 0 Å². The van der Waals surface area contributed by atoms with E-state index in [0.717, 1.165) is 28.7 Å². The second-order valence-electron chi connectivity index (χ2n) is 5.65. The van der Waals surface area contributed by atoms with Crippen LogP contribution in [0.4, 0.5) is 0 Å². The zero-order valence-corrected chi connectivity index (χ0v) is 15.7. The van der Waals surface area contributed by atoms with E-state index in [1.54, 1.807) is 0 Å². The van der Waals surface area contributed by atoms with Gasteiger partial charge in [-0.25, -0.2) is 0 Å². The predicted molar refractivity (Wildman–Crippen MR) is 78.7 cm³/mol. The first kappa shape index (κ1) is 20.6. The van der Waals surface area contributed by atoms with Crippen LogP contribution in [-0.4, -0.2) is 79.0 Å². The molecule has 0 unspecified atom stereocenters. The number of quaternary nitrogens is 1. The topological polar surface area (TPSA) is 94.5 Å². The average molecular weight is 325 g/mol. The minimum atomic E-state index is -4.26. The van der Waals surface area contributed by atoms with E-state index in [2.05, 4.69) is 21.1 Å². The molecule has 6 nitrogen and oxygen atoms in total. The van der Waals surface area contributed by atoms with Gasteiger partial charge in [0.15, 0.2) is 0 Å². The summed E-state index contributed by atoms with van der Waals surface area (Å²) in [5.41, 5.74) is -0.146. The van der Waals surface area contributed by atoms with Crippen molar-refractivity contribution in [3.05, 3.63) is 29.8 Å². The average Bonchev–Trinajstić information content (AvgIpc) is 2.35. The van der Waals surface area contributed by atoms with Crippen LogP contribution in [0.2, 0.25) is 3.67 Å². The molecule has 0 saturated carbocycles. The summed E-state index contributed by atoms with van der Waals surface area (Å²) in [6.07, 6.45) is 1.41. The molecule has 8 heteroatoms. The maximum Gasteiger partial charge on any atom is 0.294 e. The Hall–Kier alpha value is -0.440. The van der Waals surface area contributed by atoms with Crippen LogP contribution in [0.25, 0.3) is 0 Å². The van der Waals surface area contributed by atoms with Crippen LogP contribution < -0.4 is 5.11 Å². The fraction of sp³-hybridized carbons (Fsp3) is 0.462. The molecule has 0 atom stereocenters. The molecule has 21 heavy (non-hydrogen) atoms. The first-order chi connectivity index (χ1) is 9.47. The number of hydrogen-bond donors (Lipinski definition) is 1. The number of carboxylic acid groups (broad SMARTS) is 1. The molecule has 0 saturated heterocycles. The van der Waals surface area contributed by atoms with Crippen molar-refractivity contribution in [3.8, 4) is 0 Å². The van der Waals surface area contributed by atoms with Crippen molar-refractivity contribution in [2.75, 3.05) is 27.7 Å². The van der Waals surface area contributed by atoms with Gasteiger partial charge in [-0.2, -0.15) is 8.42 Å². The van der Waals surface area contributed by atoms with Crippen LogP contribution in [0, 0.1) is 0 Å². The summed E-state index contributed by atoms with van der Waals surface area (Å²) in [6.45, 7) is 1.34. The quantitative estimate of drug-likeness (QED) is 0.466. The third-order valence-electron chi connectivity index (χ3n) is 2.57. The zero-order valence-electron chi connectivity index (χ0n) is 12.9. The Morgan fingerprint density at radius 3 is 1.95 bits per heavy atom. The molecule has 0 bridgehead atoms. The van der Waals surface area contributed by atoms with Crippen molar-refractivity contribution < 1.29 is 27.4 Å². The van der Waals surface area contributed by atoms with E-state index in [1.807, 2.05) is 0 Å². The van der Waals surface area contributed by atoms with Gasteiger partial charge < -0.3 is 9.90 Å². The maximum atomic E-state index is 10.5. The number of hydrogen-bond acceptors (Lipinski definition) is 4. The molecule has 0 heterocycles. The Balaban J connectivity index is 0.000000433. The SMILES string of the molecule is C[N+](C)(C)CC[CH2][Na].O=C([O-])c1ccc(S(=O)(=O)O)cc1. The molecule has 0 spiro atoms. The van der Waals surface area contributed by atoms with Gasteiger partial charge in [-0.1, -0.05) is 12.1 Å². The van der Waals surface area contributed by atoms with Crippen LogP contribution in [0.5, 0.6) is 0 Å². The Morgan fingerprint density at radius 1 is 1.24 bits per heavy atom. The number of carbonyl (C=O) groups is 1. The van der Waals surface area contributed by atoms with Gasteiger partial charge in [-0.15, -0.1) is 0 Å². The molecule has 0 aliphatic rings. The van der Waals surface area contributed by atoms with Gasteiger partial charge in [0.1, 0.15) is 0 Å². The van der Waals surface area contributed by atoms with Crippen LogP contribution in [-0.2, 0) is 10.1 Å². The molecule has 0 radical (unpaired) electrons. The van der Waals surface area contributed by atoms with Crippen LogP contribution in [0.1, 0.15) is 16.8 Å². The van der Waals surface area contributed by atoms with E-state index >= 15 is 0 Å². The maximum absolute atomic E-state index is 10.5. The third-order valence-corrected chi connectivity index (χ3v) is 4.15. The molecular weight excluding hydrogens is 305 g/mol. The zero-order chi connectivity index (χ0) is 16.7. The van der Waals surface area contributed by atoms with Crippen LogP contribution in [0.3, 0.4) is 0 Å². The summed E-state index contributed by atoms with van der Waals surface area (Å²) in [5.74, 6) is -1.40. The van der Waals surface area contributed by atoms with E-state index in [4.69, 9.17) is 4.55 Å². The summed E-state index contributed by atoms with van der Waals surface area (Å²) in [5, 5.41) is 10.2. The standard InChI is InChI=1S/C7H6O5S.C6H15N.Na/c8-7(9)5-1-3-6(4-2-5)13(10,11)12;1-5-6-7(2,3)4;/h1-4H,(H,8,9)(H,10,11,12);1,5-6H2,2-4H3;/q;+1;/p-1. The monoisotopic (exact) mass is 325 g/mol. The number of nitrogens with zero attached hydrogens (tertiary/aromatic N) is 1. The second kappa shape index (κ2) is 8.87. The molecular formula is C13H20NNaO5S. The van der Waals surface area contributed by atoms with Crippen LogP contribution >= 0.6 is 0 Å². The molecule has 1 N–H and O–H groups in total. The number of aromatic carboxylic acids is 1. The molecule has 114 valence electrons. The van der Waals surface area contributed by atoms with Gasteiger partial charge in [0.25, 0.3) is 10.1 Å². The Bertz CT molecular complexity index is 549. The Labute approximate surface area is 143 Å². The summed E-state index contributed by atoms with van der Waals surface area (Å²) < 4.78 is 32.1. The molecule has 1 rings (SSSR count). The number of rotatable bonds is 5. The summed E-state index contributed by atoms with van der Waals surface area (Å²) >= 11 is 1.37. The molecule has 0 amide bonds. The largest absolute Gasteiger partial charge is 0.545 e. The predicted octanol–water partition coefficient (Wildman–Crippen LogP) is -0.0337. The third kappa shape index (κ3) is 10.00. The van der Waals surface area contributed by atoms with Crippen molar-refractivity contribution in [2.45, 2.75) is 15.0 Å². The fourth-order valence-electron chi connectivity index (χ4n) is 1.40. The van der Waals surface area contributed by atoms with Crippen molar-refractivity contribution in [1.82, 2.24) is 0 Å². The van der Waals surface area contributed by atoms with E-state index in [9.17, 15) is 18.3 Å².